The van der Waals surface area contributed by atoms with Gasteiger partial charge in [0.25, 0.3) is 0 Å². The average Bonchev–Trinajstić information content (AvgIpc) is 2.82. The lowest BCUT2D eigenvalue weighted by Crippen LogP contribution is -2.12. The van der Waals surface area contributed by atoms with Crippen molar-refractivity contribution < 1.29 is 19.6 Å². The summed E-state index contributed by atoms with van der Waals surface area (Å²) < 4.78 is 5.93. The molecule has 0 aliphatic heterocycles. The molecule has 0 aliphatic rings. The van der Waals surface area contributed by atoms with E-state index in [0.717, 1.165) is 42.4 Å². The fourth-order valence-corrected chi connectivity index (χ4v) is 3.84. The van der Waals surface area contributed by atoms with Crippen molar-refractivity contribution in [1.82, 2.24) is 0 Å². The van der Waals surface area contributed by atoms with Crippen LogP contribution in [0, 0.1) is 10.1 Å². The SMILES string of the molecule is CCCCCC[C@H](C)Oc1ccc(-c2ccccc2-c2ccc(C(=O)O)cc2)cc1[N+](=O)[O-]. The predicted molar refractivity (Wildman–Crippen MR) is 130 cm³/mol. The molecule has 0 amide bonds. The van der Waals surface area contributed by atoms with E-state index in [0.29, 0.717) is 5.56 Å². The smallest absolute Gasteiger partial charge is 0.335 e. The quantitative estimate of drug-likeness (QED) is 0.188. The summed E-state index contributed by atoms with van der Waals surface area (Å²) in [5.74, 6) is -0.712. The van der Waals surface area contributed by atoms with Gasteiger partial charge in [0.2, 0.25) is 0 Å². The van der Waals surface area contributed by atoms with E-state index in [2.05, 4.69) is 6.92 Å². The molecule has 0 aromatic heterocycles. The number of unbranched alkanes of at least 4 members (excludes halogenated alkanes) is 3. The topological polar surface area (TPSA) is 89.7 Å². The number of benzene rings is 3. The highest BCUT2D eigenvalue weighted by Gasteiger charge is 2.20. The second-order valence-electron chi connectivity index (χ2n) is 8.15. The fourth-order valence-electron chi connectivity index (χ4n) is 3.84. The summed E-state index contributed by atoms with van der Waals surface area (Å²) in [7, 11) is 0. The third kappa shape index (κ3) is 6.19. The van der Waals surface area contributed by atoms with Gasteiger partial charge in [-0.25, -0.2) is 4.79 Å². The van der Waals surface area contributed by atoms with Gasteiger partial charge in [0.15, 0.2) is 5.75 Å². The molecule has 3 aromatic carbocycles. The minimum absolute atomic E-state index is 0.0658. The Morgan fingerprint density at radius 3 is 2.21 bits per heavy atom. The minimum atomic E-state index is -0.986. The Bertz CT molecular complexity index is 1110. The molecule has 172 valence electrons. The molecule has 0 bridgehead atoms. The summed E-state index contributed by atoms with van der Waals surface area (Å²) in [6.07, 6.45) is 5.26. The number of carboxylic acids is 1. The van der Waals surface area contributed by atoms with Crippen LogP contribution in [-0.2, 0) is 0 Å². The molecule has 3 aromatic rings. The highest BCUT2D eigenvalue weighted by atomic mass is 16.6. The Balaban J connectivity index is 1.89. The van der Waals surface area contributed by atoms with Crippen LogP contribution in [0.3, 0.4) is 0 Å². The van der Waals surface area contributed by atoms with Gasteiger partial charge in [0, 0.05) is 6.07 Å². The first kappa shape index (κ1) is 24.0. The summed E-state index contributed by atoms with van der Waals surface area (Å²) in [6.45, 7) is 4.10. The van der Waals surface area contributed by atoms with Crippen LogP contribution >= 0.6 is 0 Å². The van der Waals surface area contributed by atoms with Crippen molar-refractivity contribution in [2.75, 3.05) is 0 Å². The van der Waals surface area contributed by atoms with Crippen LogP contribution < -0.4 is 4.74 Å². The van der Waals surface area contributed by atoms with Gasteiger partial charge in [-0.15, -0.1) is 0 Å². The van der Waals surface area contributed by atoms with Gasteiger partial charge in [0.05, 0.1) is 16.6 Å². The van der Waals surface area contributed by atoms with Gasteiger partial charge in [-0.05, 0) is 60.2 Å². The third-order valence-electron chi connectivity index (χ3n) is 5.63. The summed E-state index contributed by atoms with van der Waals surface area (Å²) in [5, 5.41) is 21.0. The molecule has 1 atom stereocenters. The number of nitrogens with zero attached hydrogens (tertiary/aromatic N) is 1. The van der Waals surface area contributed by atoms with E-state index in [4.69, 9.17) is 9.84 Å². The molecule has 0 saturated heterocycles. The Hall–Kier alpha value is -3.67. The number of carbonyl (C=O) groups is 1. The second-order valence-corrected chi connectivity index (χ2v) is 8.15. The van der Waals surface area contributed by atoms with E-state index in [-0.39, 0.29) is 23.1 Å². The monoisotopic (exact) mass is 447 g/mol. The van der Waals surface area contributed by atoms with Crippen molar-refractivity contribution in [1.29, 1.82) is 0 Å². The van der Waals surface area contributed by atoms with Gasteiger partial charge in [-0.1, -0.05) is 68.7 Å². The molecular weight excluding hydrogens is 418 g/mol. The van der Waals surface area contributed by atoms with Gasteiger partial charge < -0.3 is 9.84 Å². The van der Waals surface area contributed by atoms with Crippen molar-refractivity contribution in [2.24, 2.45) is 0 Å². The van der Waals surface area contributed by atoms with Crippen molar-refractivity contribution in [3.05, 3.63) is 82.4 Å². The average molecular weight is 448 g/mol. The summed E-state index contributed by atoms with van der Waals surface area (Å²) in [4.78, 5) is 22.6. The molecule has 6 heteroatoms. The Kier molecular flexibility index (Phi) is 8.19. The van der Waals surface area contributed by atoms with Crippen molar-refractivity contribution in [3.8, 4) is 28.0 Å². The number of ether oxygens (including phenoxy) is 1. The number of nitro benzene ring substituents is 1. The first-order valence-corrected chi connectivity index (χ1v) is 11.3. The van der Waals surface area contributed by atoms with E-state index < -0.39 is 10.9 Å². The highest BCUT2D eigenvalue weighted by molar-refractivity contribution is 5.90. The van der Waals surface area contributed by atoms with Crippen LogP contribution in [-0.4, -0.2) is 22.1 Å². The predicted octanol–water partition coefficient (Wildman–Crippen LogP) is 7.36. The number of hydrogen-bond donors (Lipinski definition) is 1. The fraction of sp³-hybridized carbons (Fsp3) is 0.296. The molecule has 0 aliphatic carbocycles. The van der Waals surface area contributed by atoms with Crippen molar-refractivity contribution in [3.63, 3.8) is 0 Å². The zero-order valence-electron chi connectivity index (χ0n) is 19.0. The molecule has 0 heterocycles. The lowest BCUT2D eigenvalue weighted by molar-refractivity contribution is -0.386. The number of hydrogen-bond acceptors (Lipinski definition) is 4. The standard InChI is InChI=1S/C27H29NO5/c1-3-4-5-6-9-19(2)33-26-17-16-22(18-25(26)28(31)32)24-11-8-7-10-23(24)20-12-14-21(15-13-20)27(29)30/h7-8,10-19H,3-6,9H2,1-2H3,(H,29,30)/t19-/m0/s1. The van der Waals surface area contributed by atoms with E-state index >= 15 is 0 Å². The summed E-state index contributed by atoms with van der Waals surface area (Å²) >= 11 is 0. The van der Waals surface area contributed by atoms with Gasteiger partial charge in [0.1, 0.15) is 0 Å². The van der Waals surface area contributed by atoms with E-state index in [1.54, 1.807) is 36.4 Å². The number of carboxylic acid groups (broad SMARTS) is 1. The first-order valence-electron chi connectivity index (χ1n) is 11.3. The molecule has 6 nitrogen and oxygen atoms in total. The zero-order chi connectivity index (χ0) is 23.8. The van der Waals surface area contributed by atoms with Crippen LogP contribution in [0.25, 0.3) is 22.3 Å². The maximum Gasteiger partial charge on any atom is 0.335 e. The minimum Gasteiger partial charge on any atom is -0.484 e. The first-order chi connectivity index (χ1) is 15.9. The summed E-state index contributed by atoms with van der Waals surface area (Å²) in [5.41, 5.74) is 3.35. The molecular formula is C27H29NO5. The van der Waals surface area contributed by atoms with Crippen LogP contribution in [0.1, 0.15) is 56.3 Å². The van der Waals surface area contributed by atoms with Crippen LogP contribution in [0.4, 0.5) is 5.69 Å². The van der Waals surface area contributed by atoms with E-state index in [1.165, 1.54) is 6.42 Å². The second kappa shape index (κ2) is 11.3. The van der Waals surface area contributed by atoms with Crippen LogP contribution in [0.5, 0.6) is 5.75 Å². The van der Waals surface area contributed by atoms with Crippen molar-refractivity contribution >= 4 is 11.7 Å². The molecule has 0 fully saturated rings. The molecule has 0 saturated carbocycles. The lowest BCUT2D eigenvalue weighted by atomic mass is 9.94. The van der Waals surface area contributed by atoms with Crippen LogP contribution in [0.15, 0.2) is 66.7 Å². The number of nitro groups is 1. The number of rotatable bonds is 11. The highest BCUT2D eigenvalue weighted by Crippen LogP contribution is 2.37. The van der Waals surface area contributed by atoms with Crippen LogP contribution in [0.2, 0.25) is 0 Å². The molecule has 0 unspecified atom stereocenters. The Labute approximate surface area is 194 Å². The largest absolute Gasteiger partial charge is 0.484 e. The van der Waals surface area contributed by atoms with Gasteiger partial charge in [-0.3, -0.25) is 10.1 Å². The molecule has 0 radical (unpaired) electrons. The maximum absolute atomic E-state index is 11.8. The zero-order valence-corrected chi connectivity index (χ0v) is 19.0. The molecule has 0 spiro atoms. The molecule has 1 N–H and O–H groups in total. The third-order valence-corrected chi connectivity index (χ3v) is 5.63. The summed E-state index contributed by atoms with van der Waals surface area (Å²) in [6, 6.07) is 19.2. The van der Waals surface area contributed by atoms with E-state index in [1.807, 2.05) is 37.3 Å². The van der Waals surface area contributed by atoms with Crippen molar-refractivity contribution in [2.45, 2.75) is 52.1 Å². The van der Waals surface area contributed by atoms with Gasteiger partial charge >= 0.3 is 11.7 Å². The molecule has 3 rings (SSSR count). The Morgan fingerprint density at radius 2 is 1.61 bits per heavy atom. The normalized spacial score (nSPS) is 11.7. The van der Waals surface area contributed by atoms with E-state index in [9.17, 15) is 14.9 Å². The van der Waals surface area contributed by atoms with Gasteiger partial charge in [-0.2, -0.15) is 0 Å². The number of aromatic carboxylic acids is 1. The Morgan fingerprint density at radius 1 is 0.970 bits per heavy atom. The molecule has 33 heavy (non-hydrogen) atoms. The lowest BCUT2D eigenvalue weighted by Gasteiger charge is -2.16. The maximum atomic E-state index is 11.8.